The molecular weight excluding hydrogens is 476 g/mol. The summed E-state index contributed by atoms with van der Waals surface area (Å²) in [6.07, 6.45) is 1.61. The van der Waals surface area contributed by atoms with Crippen molar-refractivity contribution in [1.82, 2.24) is 9.55 Å². The van der Waals surface area contributed by atoms with E-state index in [2.05, 4.69) is 36.8 Å². The maximum atomic E-state index is 12.9. The SMILES string of the molecule is CCCCn1c(N)c(N(CC)C(=O)c2cc(Br)c(Br)s2)c(=O)[nH]c1=O. The fraction of sp³-hybridized carbons (Fsp3) is 0.400. The van der Waals surface area contributed by atoms with E-state index in [9.17, 15) is 14.4 Å². The minimum Gasteiger partial charge on any atom is -0.383 e. The number of rotatable bonds is 6. The van der Waals surface area contributed by atoms with E-state index in [0.717, 1.165) is 21.1 Å². The zero-order valence-electron chi connectivity index (χ0n) is 13.8. The number of anilines is 2. The van der Waals surface area contributed by atoms with Crippen LogP contribution >= 0.6 is 43.2 Å². The van der Waals surface area contributed by atoms with Gasteiger partial charge in [-0.25, -0.2) is 4.79 Å². The van der Waals surface area contributed by atoms with Gasteiger partial charge in [-0.05, 0) is 51.3 Å². The summed E-state index contributed by atoms with van der Waals surface area (Å²) < 4.78 is 2.84. The van der Waals surface area contributed by atoms with E-state index >= 15 is 0 Å². The number of carbonyl (C=O) groups excluding carboxylic acids is 1. The second-order valence-electron chi connectivity index (χ2n) is 5.28. The summed E-state index contributed by atoms with van der Waals surface area (Å²) in [6.45, 7) is 4.36. The minimum absolute atomic E-state index is 0.00356. The third-order valence-corrected chi connectivity index (χ3v) is 6.88. The van der Waals surface area contributed by atoms with Gasteiger partial charge in [0.05, 0.1) is 8.66 Å². The molecule has 2 aromatic heterocycles. The molecule has 0 aliphatic heterocycles. The number of nitrogens with one attached hydrogen (secondary N) is 1. The maximum absolute atomic E-state index is 12.9. The first-order valence-electron chi connectivity index (χ1n) is 7.71. The van der Waals surface area contributed by atoms with Crippen LogP contribution in [0.3, 0.4) is 0 Å². The summed E-state index contributed by atoms with van der Waals surface area (Å²) in [6, 6.07) is 1.68. The zero-order valence-corrected chi connectivity index (χ0v) is 17.8. The van der Waals surface area contributed by atoms with Crippen molar-refractivity contribution in [2.45, 2.75) is 33.2 Å². The van der Waals surface area contributed by atoms with E-state index in [-0.39, 0.29) is 24.0 Å². The number of hydrogen-bond acceptors (Lipinski definition) is 5. The second-order valence-corrected chi connectivity index (χ2v) is 8.50. The number of nitrogens with two attached hydrogens (primary N) is 1. The van der Waals surface area contributed by atoms with Crippen LogP contribution < -0.4 is 21.9 Å². The standard InChI is InChI=1S/C15H18Br2N4O3S/c1-3-5-6-21-12(18)10(13(22)19-15(21)24)20(4-2)14(23)9-7-8(16)11(17)25-9/h7H,3-6,18H2,1-2H3,(H,19,22,24). The van der Waals surface area contributed by atoms with Crippen molar-refractivity contribution in [1.29, 1.82) is 0 Å². The van der Waals surface area contributed by atoms with Crippen molar-refractivity contribution < 1.29 is 4.79 Å². The van der Waals surface area contributed by atoms with E-state index in [0.29, 0.717) is 11.4 Å². The predicted molar refractivity (Wildman–Crippen MR) is 108 cm³/mol. The predicted octanol–water partition coefficient (Wildman–Crippen LogP) is 3.17. The number of aromatic amines is 1. The number of thiophene rings is 1. The van der Waals surface area contributed by atoms with Crippen molar-refractivity contribution in [3.05, 3.63) is 40.0 Å². The minimum atomic E-state index is -0.667. The summed E-state index contributed by atoms with van der Waals surface area (Å²) in [5.74, 6) is -0.344. The maximum Gasteiger partial charge on any atom is 0.330 e. The Morgan fingerprint density at radius 2 is 2.04 bits per heavy atom. The molecule has 0 bridgehead atoms. The monoisotopic (exact) mass is 492 g/mol. The Balaban J connectivity index is 2.55. The number of halogens is 2. The lowest BCUT2D eigenvalue weighted by molar-refractivity contribution is 0.0992. The van der Waals surface area contributed by atoms with Crippen LogP contribution in [-0.2, 0) is 6.54 Å². The molecule has 2 rings (SSSR count). The van der Waals surface area contributed by atoms with Crippen molar-refractivity contribution in [3.8, 4) is 0 Å². The normalized spacial score (nSPS) is 10.9. The van der Waals surface area contributed by atoms with Crippen LogP contribution in [0.1, 0.15) is 36.4 Å². The van der Waals surface area contributed by atoms with Gasteiger partial charge in [-0.2, -0.15) is 0 Å². The van der Waals surface area contributed by atoms with Crippen LogP contribution in [-0.4, -0.2) is 22.0 Å². The van der Waals surface area contributed by atoms with Gasteiger partial charge in [-0.15, -0.1) is 11.3 Å². The Hall–Kier alpha value is -1.39. The Kier molecular flexibility index (Phi) is 6.64. The van der Waals surface area contributed by atoms with Crippen molar-refractivity contribution in [2.24, 2.45) is 0 Å². The Labute approximate surface area is 165 Å². The molecule has 7 nitrogen and oxygen atoms in total. The summed E-state index contributed by atoms with van der Waals surface area (Å²) in [7, 11) is 0. The number of carbonyl (C=O) groups is 1. The number of amides is 1. The van der Waals surface area contributed by atoms with Crippen LogP contribution in [0.2, 0.25) is 0 Å². The molecule has 0 aliphatic carbocycles. The molecule has 2 heterocycles. The molecule has 25 heavy (non-hydrogen) atoms. The molecule has 3 N–H and O–H groups in total. The third kappa shape index (κ3) is 4.06. The molecule has 0 atom stereocenters. The molecule has 0 spiro atoms. The van der Waals surface area contributed by atoms with E-state index < -0.39 is 11.2 Å². The van der Waals surface area contributed by atoms with Crippen LogP contribution in [0.5, 0.6) is 0 Å². The lowest BCUT2D eigenvalue weighted by atomic mass is 10.3. The topological polar surface area (TPSA) is 101 Å². The molecule has 2 aromatic rings. The van der Waals surface area contributed by atoms with Gasteiger partial charge < -0.3 is 10.6 Å². The van der Waals surface area contributed by atoms with Gasteiger partial charge >= 0.3 is 5.69 Å². The fourth-order valence-electron chi connectivity index (χ4n) is 2.36. The molecule has 0 unspecified atom stereocenters. The van der Waals surface area contributed by atoms with Crippen molar-refractivity contribution in [2.75, 3.05) is 17.2 Å². The molecule has 0 aromatic carbocycles. The number of hydrogen-bond donors (Lipinski definition) is 2. The lowest BCUT2D eigenvalue weighted by Crippen LogP contribution is -2.41. The largest absolute Gasteiger partial charge is 0.383 e. The van der Waals surface area contributed by atoms with E-state index in [4.69, 9.17) is 5.73 Å². The number of unbranched alkanes of at least 4 members (excludes halogenated alkanes) is 1. The summed E-state index contributed by atoms with van der Waals surface area (Å²) in [5, 5.41) is 0. The first kappa shape index (κ1) is 19.9. The summed E-state index contributed by atoms with van der Waals surface area (Å²) in [4.78, 5) is 41.2. The van der Waals surface area contributed by atoms with E-state index in [1.54, 1.807) is 13.0 Å². The molecule has 0 fully saturated rings. The van der Waals surface area contributed by atoms with Gasteiger partial charge in [0, 0.05) is 17.6 Å². The third-order valence-electron chi connectivity index (χ3n) is 3.64. The smallest absolute Gasteiger partial charge is 0.330 e. The average Bonchev–Trinajstić information content (AvgIpc) is 2.89. The van der Waals surface area contributed by atoms with E-state index in [1.165, 1.54) is 20.8 Å². The summed E-state index contributed by atoms with van der Waals surface area (Å²) in [5.41, 5.74) is 4.86. The highest BCUT2D eigenvalue weighted by molar-refractivity contribution is 9.13. The number of H-pyrrole nitrogens is 1. The second kappa shape index (κ2) is 8.33. The van der Waals surface area contributed by atoms with Gasteiger partial charge in [0.1, 0.15) is 5.82 Å². The molecule has 136 valence electrons. The van der Waals surface area contributed by atoms with Gasteiger partial charge in [0.15, 0.2) is 5.69 Å². The first-order chi connectivity index (χ1) is 11.8. The quantitative estimate of drug-likeness (QED) is 0.645. The fourth-order valence-corrected chi connectivity index (χ4v) is 4.35. The molecule has 10 heteroatoms. The molecule has 0 aliphatic rings. The van der Waals surface area contributed by atoms with Crippen LogP contribution in [0.15, 0.2) is 23.9 Å². The van der Waals surface area contributed by atoms with Gasteiger partial charge in [-0.3, -0.25) is 19.1 Å². The lowest BCUT2D eigenvalue weighted by Gasteiger charge is -2.22. The molecule has 0 radical (unpaired) electrons. The molecular formula is C15H18Br2N4O3S. The average molecular weight is 494 g/mol. The highest BCUT2D eigenvalue weighted by atomic mass is 79.9. The Morgan fingerprint density at radius 3 is 2.56 bits per heavy atom. The number of aromatic nitrogens is 2. The number of nitrogen functional groups attached to an aromatic ring is 1. The van der Waals surface area contributed by atoms with Crippen LogP contribution in [0.4, 0.5) is 11.5 Å². The molecule has 0 saturated carbocycles. The van der Waals surface area contributed by atoms with Gasteiger partial charge in [-0.1, -0.05) is 13.3 Å². The first-order valence-corrected chi connectivity index (χ1v) is 10.1. The van der Waals surface area contributed by atoms with Crippen LogP contribution in [0.25, 0.3) is 0 Å². The highest BCUT2D eigenvalue weighted by Crippen LogP contribution is 2.33. The highest BCUT2D eigenvalue weighted by Gasteiger charge is 2.25. The van der Waals surface area contributed by atoms with E-state index in [1.807, 2.05) is 6.92 Å². The molecule has 1 amide bonds. The van der Waals surface area contributed by atoms with Crippen LogP contribution in [0, 0.1) is 0 Å². The van der Waals surface area contributed by atoms with Crippen molar-refractivity contribution in [3.63, 3.8) is 0 Å². The van der Waals surface area contributed by atoms with Gasteiger partial charge in [0.25, 0.3) is 11.5 Å². The van der Waals surface area contributed by atoms with Gasteiger partial charge in [0.2, 0.25) is 0 Å². The molecule has 0 saturated heterocycles. The Bertz CT molecular complexity index is 884. The van der Waals surface area contributed by atoms with Crippen molar-refractivity contribution >= 4 is 60.6 Å². The Morgan fingerprint density at radius 1 is 1.36 bits per heavy atom. The number of nitrogens with zero attached hydrogens (tertiary/aromatic N) is 2. The zero-order chi connectivity index (χ0) is 18.7. The summed E-state index contributed by atoms with van der Waals surface area (Å²) >= 11 is 7.95.